The second kappa shape index (κ2) is 6.62. The molecule has 176 valence electrons. The Morgan fingerprint density at radius 2 is 1.52 bits per heavy atom. The molecule has 2 nitrogen and oxygen atoms in total. The van der Waals surface area contributed by atoms with Crippen LogP contribution in [0.4, 0.5) is 0 Å². The van der Waals surface area contributed by atoms with Crippen LogP contribution in [0.2, 0.25) is 0 Å². The van der Waals surface area contributed by atoms with Crippen LogP contribution in [-0.4, -0.2) is 16.7 Å². The summed E-state index contributed by atoms with van der Waals surface area (Å²) in [6.45, 7) is 19.4. The van der Waals surface area contributed by atoms with Gasteiger partial charge >= 0.3 is 0 Å². The SMILES string of the molecule is C=C(C)[C@@H]1CC[C@]2(N)CC[C@]3(C)[C@H](CCC4[C@@]5(C)CC[C@H](O)C(C)(C)C5CC[C@]43C)C12. The van der Waals surface area contributed by atoms with Crippen LogP contribution in [-0.2, 0) is 0 Å². The molecule has 0 heterocycles. The molecule has 0 aromatic rings. The van der Waals surface area contributed by atoms with E-state index in [1.807, 2.05) is 0 Å². The fraction of sp³-hybridized carbons (Fsp3) is 0.931. The van der Waals surface area contributed by atoms with Crippen molar-refractivity contribution >= 4 is 0 Å². The first-order chi connectivity index (χ1) is 14.3. The predicted octanol–water partition coefficient (Wildman–Crippen LogP) is 6.72. The van der Waals surface area contributed by atoms with Crippen molar-refractivity contribution in [3.8, 4) is 0 Å². The number of aliphatic hydroxyl groups is 1. The van der Waals surface area contributed by atoms with Gasteiger partial charge in [0, 0.05) is 5.54 Å². The first-order valence-corrected chi connectivity index (χ1v) is 13.4. The monoisotopic (exact) mass is 427 g/mol. The standard InChI is InChI=1S/C29H49NO/c1-18(2)19-10-15-29(30)17-16-27(6)20(24(19)29)8-9-22-26(5)13-12-23(31)25(3,4)21(26)11-14-28(22,27)7/h19-24,31H,1,8-17,30H2,2-7H3/t19-,20+,21?,22?,23-,24?,26-,27+,28+,29-/m0/s1. The summed E-state index contributed by atoms with van der Waals surface area (Å²) in [5.41, 5.74) is 9.80. The highest BCUT2D eigenvalue weighted by Crippen LogP contribution is 2.76. The van der Waals surface area contributed by atoms with Crippen molar-refractivity contribution in [2.45, 2.75) is 117 Å². The van der Waals surface area contributed by atoms with Crippen LogP contribution in [0.3, 0.4) is 0 Å². The average molecular weight is 428 g/mol. The second-order valence-electron chi connectivity index (χ2n) is 14.3. The molecule has 0 aromatic heterocycles. The normalized spacial score (nSPS) is 57.9. The van der Waals surface area contributed by atoms with Gasteiger partial charge in [0.1, 0.15) is 0 Å². The molecule has 5 aliphatic rings. The molecular weight excluding hydrogens is 378 g/mol. The van der Waals surface area contributed by atoms with E-state index in [2.05, 4.69) is 48.1 Å². The minimum Gasteiger partial charge on any atom is -0.393 e. The molecule has 0 spiro atoms. The Morgan fingerprint density at radius 3 is 2.19 bits per heavy atom. The fourth-order valence-electron chi connectivity index (χ4n) is 11.2. The lowest BCUT2D eigenvalue weighted by Gasteiger charge is -2.72. The molecule has 3 unspecified atom stereocenters. The lowest BCUT2D eigenvalue weighted by molar-refractivity contribution is -0.242. The summed E-state index contributed by atoms with van der Waals surface area (Å²) < 4.78 is 0. The van der Waals surface area contributed by atoms with Crippen molar-refractivity contribution < 1.29 is 5.11 Å². The van der Waals surface area contributed by atoms with E-state index in [1.165, 1.54) is 63.4 Å². The van der Waals surface area contributed by atoms with Gasteiger partial charge in [-0.2, -0.15) is 0 Å². The number of hydrogen-bond acceptors (Lipinski definition) is 2. The van der Waals surface area contributed by atoms with E-state index >= 15 is 0 Å². The molecule has 5 fully saturated rings. The summed E-state index contributed by atoms with van der Waals surface area (Å²) in [7, 11) is 0. The zero-order chi connectivity index (χ0) is 22.6. The van der Waals surface area contributed by atoms with E-state index in [0.717, 1.165) is 18.3 Å². The van der Waals surface area contributed by atoms with Gasteiger partial charge < -0.3 is 10.8 Å². The van der Waals surface area contributed by atoms with E-state index in [0.29, 0.717) is 34.0 Å². The van der Waals surface area contributed by atoms with Gasteiger partial charge in [-0.05, 0) is 122 Å². The van der Waals surface area contributed by atoms with Gasteiger partial charge in [-0.15, -0.1) is 0 Å². The minimum absolute atomic E-state index is 0.0432. The molecule has 3 N–H and O–H groups in total. The van der Waals surface area contributed by atoms with Crippen LogP contribution in [0.1, 0.15) is 106 Å². The Morgan fingerprint density at radius 1 is 0.806 bits per heavy atom. The maximum Gasteiger partial charge on any atom is 0.0594 e. The van der Waals surface area contributed by atoms with Gasteiger partial charge in [-0.1, -0.05) is 46.8 Å². The summed E-state index contributed by atoms with van der Waals surface area (Å²) in [5.74, 6) is 3.44. The van der Waals surface area contributed by atoms with Gasteiger partial charge in [0.05, 0.1) is 6.10 Å². The molecule has 0 aliphatic heterocycles. The average Bonchev–Trinajstić information content (AvgIpc) is 3.04. The highest BCUT2D eigenvalue weighted by Gasteiger charge is 2.70. The molecule has 0 saturated heterocycles. The van der Waals surface area contributed by atoms with Gasteiger partial charge in [0.25, 0.3) is 0 Å². The molecule has 0 amide bonds. The highest BCUT2D eigenvalue weighted by molar-refractivity contribution is 5.23. The lowest BCUT2D eigenvalue weighted by Crippen LogP contribution is -2.68. The summed E-state index contributed by atoms with van der Waals surface area (Å²) in [5, 5.41) is 10.9. The largest absolute Gasteiger partial charge is 0.393 e. The zero-order valence-corrected chi connectivity index (χ0v) is 21.3. The Kier molecular flexibility index (Phi) is 4.80. The molecule has 31 heavy (non-hydrogen) atoms. The lowest BCUT2D eigenvalue weighted by atomic mass is 9.32. The highest BCUT2D eigenvalue weighted by atomic mass is 16.3. The molecule has 0 bridgehead atoms. The predicted molar refractivity (Wildman–Crippen MR) is 129 cm³/mol. The third-order valence-corrected chi connectivity index (χ3v) is 13.1. The second-order valence-corrected chi connectivity index (χ2v) is 14.3. The smallest absolute Gasteiger partial charge is 0.0594 e. The molecule has 5 aliphatic carbocycles. The third kappa shape index (κ3) is 2.64. The van der Waals surface area contributed by atoms with Crippen LogP contribution in [0.15, 0.2) is 12.2 Å². The van der Waals surface area contributed by atoms with Gasteiger partial charge in [-0.25, -0.2) is 0 Å². The molecule has 0 aromatic carbocycles. The van der Waals surface area contributed by atoms with Gasteiger partial charge in [-0.3, -0.25) is 0 Å². The van der Waals surface area contributed by atoms with Crippen molar-refractivity contribution in [2.24, 2.45) is 57.0 Å². The zero-order valence-electron chi connectivity index (χ0n) is 21.3. The summed E-state index contributed by atoms with van der Waals surface area (Å²) in [6, 6.07) is 0. The Bertz CT molecular complexity index is 773. The van der Waals surface area contributed by atoms with Crippen molar-refractivity contribution in [3.63, 3.8) is 0 Å². The molecule has 10 atom stereocenters. The van der Waals surface area contributed by atoms with Crippen molar-refractivity contribution in [3.05, 3.63) is 12.2 Å². The molecule has 0 radical (unpaired) electrons. The third-order valence-electron chi connectivity index (χ3n) is 13.1. The number of hydrogen-bond donors (Lipinski definition) is 2. The maximum absolute atomic E-state index is 10.9. The first kappa shape index (κ1) is 22.5. The van der Waals surface area contributed by atoms with E-state index < -0.39 is 0 Å². The van der Waals surface area contributed by atoms with Crippen LogP contribution in [0, 0.1) is 51.2 Å². The number of fused-ring (bicyclic) bond motifs is 7. The van der Waals surface area contributed by atoms with Crippen molar-refractivity contribution in [1.29, 1.82) is 0 Å². The Labute approximate surface area is 191 Å². The fourth-order valence-corrected chi connectivity index (χ4v) is 11.2. The maximum atomic E-state index is 10.9. The van der Waals surface area contributed by atoms with Crippen LogP contribution in [0.25, 0.3) is 0 Å². The number of nitrogens with two attached hydrogens (primary N) is 1. The van der Waals surface area contributed by atoms with E-state index in [4.69, 9.17) is 5.73 Å². The van der Waals surface area contributed by atoms with Crippen molar-refractivity contribution in [2.75, 3.05) is 0 Å². The van der Waals surface area contributed by atoms with Crippen LogP contribution >= 0.6 is 0 Å². The van der Waals surface area contributed by atoms with Gasteiger partial charge in [0.15, 0.2) is 0 Å². The number of aliphatic hydroxyl groups excluding tert-OH is 1. The number of rotatable bonds is 1. The summed E-state index contributed by atoms with van der Waals surface area (Å²) >= 11 is 0. The Balaban J connectivity index is 1.54. The topological polar surface area (TPSA) is 46.2 Å². The van der Waals surface area contributed by atoms with E-state index in [1.54, 1.807) is 0 Å². The van der Waals surface area contributed by atoms with Crippen molar-refractivity contribution in [1.82, 2.24) is 0 Å². The van der Waals surface area contributed by atoms with Crippen LogP contribution < -0.4 is 5.73 Å². The number of allylic oxidation sites excluding steroid dienone is 1. The molecule has 5 saturated carbocycles. The quantitative estimate of drug-likeness (QED) is 0.456. The van der Waals surface area contributed by atoms with Gasteiger partial charge in [0.2, 0.25) is 0 Å². The minimum atomic E-state index is -0.135. The van der Waals surface area contributed by atoms with E-state index in [9.17, 15) is 5.11 Å². The Hall–Kier alpha value is -0.340. The van der Waals surface area contributed by atoms with Crippen LogP contribution in [0.5, 0.6) is 0 Å². The molecule has 5 rings (SSSR count). The van der Waals surface area contributed by atoms with E-state index in [-0.39, 0.29) is 17.1 Å². The summed E-state index contributed by atoms with van der Waals surface area (Å²) in [4.78, 5) is 0. The molecular formula is C29H49NO. The first-order valence-electron chi connectivity index (χ1n) is 13.4. The summed E-state index contributed by atoms with van der Waals surface area (Å²) in [6.07, 6.45) is 12.4. The molecule has 2 heteroatoms.